The Morgan fingerprint density at radius 2 is 2.20 bits per heavy atom. The van der Waals surface area contributed by atoms with Gasteiger partial charge in [-0.1, -0.05) is 0 Å². The van der Waals surface area contributed by atoms with E-state index in [0.29, 0.717) is 0 Å². The van der Waals surface area contributed by atoms with Crippen molar-refractivity contribution in [3.05, 3.63) is 0 Å². The highest BCUT2D eigenvalue weighted by Gasteiger charge is 2.47. The summed E-state index contributed by atoms with van der Waals surface area (Å²) in [5, 5.41) is 0. The predicted octanol–water partition coefficient (Wildman–Crippen LogP) is -1.02. The van der Waals surface area contributed by atoms with Crippen molar-refractivity contribution in [3.63, 3.8) is 0 Å². The van der Waals surface area contributed by atoms with Crippen molar-refractivity contribution < 1.29 is 9.53 Å². The third-order valence-electron chi connectivity index (χ3n) is 1.90. The molecule has 0 aromatic heterocycles. The summed E-state index contributed by atoms with van der Waals surface area (Å²) >= 11 is 0. The molecule has 1 rings (SSSR count). The van der Waals surface area contributed by atoms with Gasteiger partial charge in [0.2, 0.25) is 0 Å². The van der Waals surface area contributed by atoms with Gasteiger partial charge < -0.3 is 16.2 Å². The fourth-order valence-corrected chi connectivity index (χ4v) is 0.817. The average Bonchev–Trinajstić information content (AvgIpc) is 2.66. The SMILES string of the molecule is COC(=O)C(N)C1(N)CC1. The zero-order chi connectivity index (χ0) is 7.78. The van der Waals surface area contributed by atoms with E-state index in [9.17, 15) is 4.79 Å². The number of methoxy groups -OCH3 is 1. The van der Waals surface area contributed by atoms with Gasteiger partial charge in [-0.15, -0.1) is 0 Å². The largest absolute Gasteiger partial charge is 0.468 e. The molecule has 0 aromatic rings. The Balaban J connectivity index is 2.48. The molecule has 4 N–H and O–H groups in total. The van der Waals surface area contributed by atoms with E-state index < -0.39 is 17.6 Å². The summed E-state index contributed by atoms with van der Waals surface area (Å²) in [6, 6.07) is -0.641. The molecule has 1 saturated carbocycles. The first-order valence-corrected chi connectivity index (χ1v) is 3.22. The first kappa shape index (κ1) is 7.50. The second-order valence-corrected chi connectivity index (χ2v) is 2.73. The van der Waals surface area contributed by atoms with E-state index in [0.717, 1.165) is 12.8 Å². The molecule has 1 aliphatic rings. The zero-order valence-corrected chi connectivity index (χ0v) is 5.96. The van der Waals surface area contributed by atoms with Crippen LogP contribution in [0.15, 0.2) is 0 Å². The van der Waals surface area contributed by atoms with Gasteiger partial charge in [-0.05, 0) is 12.8 Å². The lowest BCUT2D eigenvalue weighted by molar-refractivity contribution is -0.142. The van der Waals surface area contributed by atoms with E-state index >= 15 is 0 Å². The van der Waals surface area contributed by atoms with Crippen molar-refractivity contribution in [3.8, 4) is 0 Å². The predicted molar refractivity (Wildman–Crippen MR) is 36.1 cm³/mol. The Kier molecular flexibility index (Phi) is 1.66. The Bertz CT molecular complexity index is 154. The monoisotopic (exact) mass is 144 g/mol. The number of esters is 1. The van der Waals surface area contributed by atoms with Crippen molar-refractivity contribution >= 4 is 5.97 Å². The first-order chi connectivity index (χ1) is 4.60. The molecule has 0 bridgehead atoms. The van der Waals surface area contributed by atoms with Gasteiger partial charge >= 0.3 is 5.97 Å². The lowest BCUT2D eigenvalue weighted by atomic mass is 10.1. The zero-order valence-electron chi connectivity index (χ0n) is 5.96. The Morgan fingerprint density at radius 3 is 2.50 bits per heavy atom. The van der Waals surface area contributed by atoms with Crippen molar-refractivity contribution in [1.29, 1.82) is 0 Å². The van der Waals surface area contributed by atoms with Crippen molar-refractivity contribution in [2.24, 2.45) is 11.5 Å². The molecule has 10 heavy (non-hydrogen) atoms. The molecule has 0 heterocycles. The number of carbonyl (C=O) groups excluding carboxylic acids is 1. The van der Waals surface area contributed by atoms with E-state index in [1.807, 2.05) is 0 Å². The first-order valence-electron chi connectivity index (χ1n) is 3.22. The normalized spacial score (nSPS) is 23.5. The molecule has 1 aliphatic carbocycles. The molecule has 0 spiro atoms. The molecule has 1 atom stereocenters. The smallest absolute Gasteiger partial charge is 0.324 e. The number of hydrogen-bond donors (Lipinski definition) is 2. The highest BCUT2D eigenvalue weighted by atomic mass is 16.5. The van der Waals surface area contributed by atoms with Crippen LogP contribution in [0.1, 0.15) is 12.8 Å². The topological polar surface area (TPSA) is 78.3 Å². The lowest BCUT2D eigenvalue weighted by Crippen LogP contribution is -2.49. The van der Waals surface area contributed by atoms with Gasteiger partial charge in [0.15, 0.2) is 0 Å². The molecule has 58 valence electrons. The van der Waals surface area contributed by atoms with Crippen LogP contribution >= 0.6 is 0 Å². The van der Waals surface area contributed by atoms with Crippen molar-refractivity contribution in [2.45, 2.75) is 24.4 Å². The van der Waals surface area contributed by atoms with Crippen LogP contribution in [-0.2, 0) is 9.53 Å². The van der Waals surface area contributed by atoms with Crippen LogP contribution in [0.4, 0.5) is 0 Å². The van der Waals surface area contributed by atoms with Gasteiger partial charge in [-0.2, -0.15) is 0 Å². The second-order valence-electron chi connectivity index (χ2n) is 2.73. The van der Waals surface area contributed by atoms with E-state index in [1.165, 1.54) is 7.11 Å². The van der Waals surface area contributed by atoms with Crippen LogP contribution in [0.5, 0.6) is 0 Å². The third-order valence-corrected chi connectivity index (χ3v) is 1.90. The Labute approximate surface area is 59.5 Å². The van der Waals surface area contributed by atoms with Crippen LogP contribution < -0.4 is 11.5 Å². The van der Waals surface area contributed by atoms with Gasteiger partial charge in [0, 0.05) is 5.54 Å². The van der Waals surface area contributed by atoms with E-state index in [2.05, 4.69) is 4.74 Å². The Morgan fingerprint density at radius 1 is 1.70 bits per heavy atom. The lowest BCUT2D eigenvalue weighted by Gasteiger charge is -2.14. The van der Waals surface area contributed by atoms with Gasteiger partial charge in [-0.25, -0.2) is 0 Å². The van der Waals surface area contributed by atoms with E-state index in [4.69, 9.17) is 11.5 Å². The minimum absolute atomic E-state index is 0.417. The van der Waals surface area contributed by atoms with Crippen LogP contribution in [0, 0.1) is 0 Å². The second kappa shape index (κ2) is 2.21. The Hall–Kier alpha value is -0.610. The van der Waals surface area contributed by atoms with Gasteiger partial charge in [0.05, 0.1) is 7.11 Å². The van der Waals surface area contributed by atoms with Crippen LogP contribution in [-0.4, -0.2) is 24.7 Å². The molecule has 0 amide bonds. The quantitative estimate of drug-likeness (QED) is 0.486. The standard InChI is InChI=1S/C6H12N2O2/c1-10-5(9)4(7)6(8)2-3-6/h4H,2-3,7-8H2,1H3. The molecule has 0 saturated heterocycles. The van der Waals surface area contributed by atoms with Crippen LogP contribution in [0.25, 0.3) is 0 Å². The summed E-state index contributed by atoms with van der Waals surface area (Å²) in [5.41, 5.74) is 10.6. The summed E-state index contributed by atoms with van der Waals surface area (Å²) in [6.45, 7) is 0. The maximum Gasteiger partial charge on any atom is 0.324 e. The molecule has 4 nitrogen and oxygen atoms in total. The molecule has 1 unspecified atom stereocenters. The van der Waals surface area contributed by atoms with Crippen LogP contribution in [0.3, 0.4) is 0 Å². The van der Waals surface area contributed by atoms with Crippen molar-refractivity contribution in [1.82, 2.24) is 0 Å². The third kappa shape index (κ3) is 1.12. The summed E-state index contributed by atoms with van der Waals surface area (Å²) in [4.78, 5) is 10.8. The van der Waals surface area contributed by atoms with E-state index in [1.54, 1.807) is 0 Å². The maximum absolute atomic E-state index is 10.8. The summed E-state index contributed by atoms with van der Waals surface area (Å²) in [7, 11) is 1.31. The minimum Gasteiger partial charge on any atom is -0.468 e. The van der Waals surface area contributed by atoms with Gasteiger partial charge in [-0.3, -0.25) is 4.79 Å². The van der Waals surface area contributed by atoms with Crippen LogP contribution in [0.2, 0.25) is 0 Å². The summed E-state index contributed by atoms with van der Waals surface area (Å²) in [6.07, 6.45) is 1.65. The minimum atomic E-state index is -0.641. The number of carbonyl (C=O) groups is 1. The molecule has 1 fully saturated rings. The summed E-state index contributed by atoms with van der Waals surface area (Å²) < 4.78 is 4.43. The molecule has 0 radical (unpaired) electrons. The highest BCUT2D eigenvalue weighted by Crippen LogP contribution is 2.34. The average molecular weight is 144 g/mol. The number of ether oxygens (including phenoxy) is 1. The number of hydrogen-bond acceptors (Lipinski definition) is 4. The summed E-state index contributed by atoms with van der Waals surface area (Å²) in [5.74, 6) is -0.417. The van der Waals surface area contributed by atoms with E-state index in [-0.39, 0.29) is 0 Å². The molecule has 4 heteroatoms. The van der Waals surface area contributed by atoms with Gasteiger partial charge in [0.25, 0.3) is 0 Å². The fraction of sp³-hybridized carbons (Fsp3) is 0.833. The molecular weight excluding hydrogens is 132 g/mol. The maximum atomic E-state index is 10.8. The van der Waals surface area contributed by atoms with Crippen molar-refractivity contribution in [2.75, 3.05) is 7.11 Å². The van der Waals surface area contributed by atoms with Gasteiger partial charge in [0.1, 0.15) is 6.04 Å². The molecule has 0 aliphatic heterocycles. The molecule has 0 aromatic carbocycles. The number of rotatable bonds is 2. The number of nitrogens with two attached hydrogens (primary N) is 2. The fourth-order valence-electron chi connectivity index (χ4n) is 0.817. The highest BCUT2D eigenvalue weighted by molar-refractivity contribution is 5.77. The molecular formula is C6H12N2O2.